The van der Waals surface area contributed by atoms with Gasteiger partial charge in [0.15, 0.2) is 0 Å². The minimum absolute atomic E-state index is 0.00510. The van der Waals surface area contributed by atoms with Crippen LogP contribution in [0.3, 0.4) is 0 Å². The second-order valence-corrected chi connectivity index (χ2v) is 6.11. The van der Waals surface area contributed by atoms with Crippen molar-refractivity contribution in [3.63, 3.8) is 0 Å². The first-order valence-corrected chi connectivity index (χ1v) is 7.41. The van der Waals surface area contributed by atoms with E-state index < -0.39 is 0 Å². The van der Waals surface area contributed by atoms with Crippen LogP contribution < -0.4 is 15.8 Å². The lowest BCUT2D eigenvalue weighted by molar-refractivity contribution is 0.675. The van der Waals surface area contributed by atoms with Crippen LogP contribution in [-0.4, -0.2) is 22.9 Å². The minimum atomic E-state index is 0.00510. The molecule has 2 N–H and O–H groups in total. The Hall–Kier alpha value is -2.30. The molecule has 118 valence electrons. The molecular weight excluding hydrogens is 276 g/mol. The van der Waals surface area contributed by atoms with E-state index in [1.807, 2.05) is 24.1 Å². The molecule has 0 saturated carbocycles. The summed E-state index contributed by atoms with van der Waals surface area (Å²) >= 11 is 0. The summed E-state index contributed by atoms with van der Waals surface area (Å²) < 4.78 is 1.59. The molecule has 22 heavy (non-hydrogen) atoms. The Balaban J connectivity index is 2.43. The van der Waals surface area contributed by atoms with Crippen LogP contribution >= 0.6 is 0 Å². The molecule has 1 aliphatic rings. The molecule has 0 saturated heterocycles. The standard InChI is InChI=1S/C17H24N4O/c1-10(2)19-16-13(5)21(9-15(16)12(4)18)14-7-11(3)17(22)20(6)8-14/h7-8,10,18-19H,5,9H2,1-4,6H3. The third kappa shape index (κ3) is 2.84. The molecule has 0 radical (unpaired) electrons. The van der Waals surface area contributed by atoms with Gasteiger partial charge in [-0.2, -0.15) is 0 Å². The van der Waals surface area contributed by atoms with E-state index in [4.69, 9.17) is 5.41 Å². The molecule has 5 nitrogen and oxygen atoms in total. The maximum Gasteiger partial charge on any atom is 0.253 e. The van der Waals surface area contributed by atoms with Gasteiger partial charge in [0.25, 0.3) is 5.56 Å². The molecule has 1 aromatic rings. The van der Waals surface area contributed by atoms with E-state index in [1.165, 1.54) is 0 Å². The summed E-state index contributed by atoms with van der Waals surface area (Å²) in [6.45, 7) is 12.5. The van der Waals surface area contributed by atoms with Crippen molar-refractivity contribution in [1.82, 2.24) is 9.88 Å². The van der Waals surface area contributed by atoms with Gasteiger partial charge >= 0.3 is 0 Å². The lowest BCUT2D eigenvalue weighted by Crippen LogP contribution is -2.27. The highest BCUT2D eigenvalue weighted by molar-refractivity contribution is 5.99. The van der Waals surface area contributed by atoms with Gasteiger partial charge in [-0.1, -0.05) is 6.58 Å². The van der Waals surface area contributed by atoms with Crippen LogP contribution in [0.2, 0.25) is 0 Å². The molecule has 0 fully saturated rings. The number of aromatic nitrogens is 1. The molecule has 2 heterocycles. The van der Waals surface area contributed by atoms with Crippen LogP contribution in [0, 0.1) is 12.3 Å². The Kier molecular flexibility index (Phi) is 4.26. The zero-order chi connectivity index (χ0) is 16.6. The number of nitrogens with zero attached hydrogens (tertiary/aromatic N) is 2. The van der Waals surface area contributed by atoms with Gasteiger partial charge in [-0.15, -0.1) is 0 Å². The largest absolute Gasteiger partial charge is 0.381 e. The molecule has 0 unspecified atom stereocenters. The number of hydrogen-bond donors (Lipinski definition) is 2. The van der Waals surface area contributed by atoms with Crippen molar-refractivity contribution in [2.75, 3.05) is 11.4 Å². The Bertz CT molecular complexity index is 698. The normalized spacial score (nSPS) is 15.0. The molecule has 0 atom stereocenters. The topological polar surface area (TPSA) is 61.1 Å². The van der Waals surface area contributed by atoms with Crippen LogP contribution in [0.4, 0.5) is 5.69 Å². The first-order valence-electron chi connectivity index (χ1n) is 7.41. The van der Waals surface area contributed by atoms with Crippen molar-refractivity contribution in [2.24, 2.45) is 7.05 Å². The van der Waals surface area contributed by atoms with Crippen molar-refractivity contribution >= 4 is 11.4 Å². The number of aryl methyl sites for hydroxylation is 2. The van der Waals surface area contributed by atoms with Crippen LogP contribution in [0.5, 0.6) is 0 Å². The van der Waals surface area contributed by atoms with Crippen molar-refractivity contribution in [3.8, 4) is 0 Å². The maximum absolute atomic E-state index is 11.9. The quantitative estimate of drug-likeness (QED) is 0.839. The fourth-order valence-corrected chi connectivity index (χ4v) is 2.66. The highest BCUT2D eigenvalue weighted by Crippen LogP contribution is 2.31. The number of anilines is 1. The summed E-state index contributed by atoms with van der Waals surface area (Å²) in [5.74, 6) is 0. The van der Waals surface area contributed by atoms with Crippen LogP contribution in [0.1, 0.15) is 26.3 Å². The zero-order valence-corrected chi connectivity index (χ0v) is 13.9. The molecule has 0 aliphatic carbocycles. The van der Waals surface area contributed by atoms with Gasteiger partial charge in [-0.3, -0.25) is 4.79 Å². The van der Waals surface area contributed by atoms with E-state index in [0.717, 1.165) is 22.7 Å². The second kappa shape index (κ2) is 5.83. The van der Waals surface area contributed by atoms with Crippen molar-refractivity contribution in [1.29, 1.82) is 5.41 Å². The lowest BCUT2D eigenvalue weighted by Gasteiger charge is -2.23. The van der Waals surface area contributed by atoms with Gasteiger partial charge in [-0.25, -0.2) is 0 Å². The van der Waals surface area contributed by atoms with Crippen LogP contribution in [0.15, 0.2) is 40.6 Å². The molecular formula is C17H24N4O. The van der Waals surface area contributed by atoms with Crippen molar-refractivity contribution in [2.45, 2.75) is 33.7 Å². The number of nitrogens with one attached hydrogen (secondary N) is 2. The van der Waals surface area contributed by atoms with Crippen molar-refractivity contribution in [3.05, 3.63) is 51.7 Å². The van der Waals surface area contributed by atoms with Gasteiger partial charge in [0, 0.05) is 36.1 Å². The van der Waals surface area contributed by atoms with E-state index in [2.05, 4.69) is 25.7 Å². The van der Waals surface area contributed by atoms with Gasteiger partial charge in [0.05, 0.1) is 23.6 Å². The zero-order valence-electron chi connectivity index (χ0n) is 13.9. The van der Waals surface area contributed by atoms with E-state index in [9.17, 15) is 4.79 Å². The SMILES string of the molecule is C=C1C(NC(C)C)=C(C(C)=N)CN1c1cc(C)c(=O)n(C)c1. The van der Waals surface area contributed by atoms with Crippen molar-refractivity contribution < 1.29 is 0 Å². The number of rotatable bonds is 4. The molecule has 0 aromatic carbocycles. The molecule has 1 aliphatic heterocycles. The molecule has 0 bridgehead atoms. The van der Waals surface area contributed by atoms with E-state index in [-0.39, 0.29) is 11.6 Å². The predicted octanol–water partition coefficient (Wildman–Crippen LogP) is 2.32. The fraction of sp³-hybridized carbons (Fsp3) is 0.412. The van der Waals surface area contributed by atoms with Crippen LogP contribution in [-0.2, 0) is 7.05 Å². The first-order chi connectivity index (χ1) is 10.2. The summed E-state index contributed by atoms with van der Waals surface area (Å²) in [7, 11) is 1.75. The monoisotopic (exact) mass is 300 g/mol. The Morgan fingerprint density at radius 2 is 2.09 bits per heavy atom. The van der Waals surface area contributed by atoms with E-state index in [0.29, 0.717) is 17.8 Å². The highest BCUT2D eigenvalue weighted by atomic mass is 16.1. The minimum Gasteiger partial charge on any atom is -0.381 e. The van der Waals surface area contributed by atoms with Gasteiger partial charge < -0.3 is 20.2 Å². The predicted molar refractivity (Wildman–Crippen MR) is 91.6 cm³/mol. The molecule has 5 heteroatoms. The van der Waals surface area contributed by atoms with E-state index >= 15 is 0 Å². The highest BCUT2D eigenvalue weighted by Gasteiger charge is 2.28. The van der Waals surface area contributed by atoms with Gasteiger partial charge in [0.2, 0.25) is 0 Å². The molecule has 2 rings (SSSR count). The number of hydrogen-bond acceptors (Lipinski definition) is 4. The van der Waals surface area contributed by atoms with Gasteiger partial charge in [0.1, 0.15) is 0 Å². The van der Waals surface area contributed by atoms with Gasteiger partial charge in [-0.05, 0) is 33.8 Å². The molecule has 0 spiro atoms. The lowest BCUT2D eigenvalue weighted by atomic mass is 10.1. The first kappa shape index (κ1) is 16.1. The Morgan fingerprint density at radius 3 is 2.59 bits per heavy atom. The third-order valence-corrected chi connectivity index (χ3v) is 3.78. The number of pyridine rings is 1. The summed E-state index contributed by atoms with van der Waals surface area (Å²) in [4.78, 5) is 13.9. The third-order valence-electron chi connectivity index (χ3n) is 3.78. The van der Waals surface area contributed by atoms with Crippen LogP contribution in [0.25, 0.3) is 0 Å². The summed E-state index contributed by atoms with van der Waals surface area (Å²) in [5, 5.41) is 11.4. The Morgan fingerprint density at radius 1 is 1.45 bits per heavy atom. The maximum atomic E-state index is 11.9. The fourth-order valence-electron chi connectivity index (χ4n) is 2.66. The molecule has 0 amide bonds. The van der Waals surface area contributed by atoms with E-state index in [1.54, 1.807) is 18.5 Å². The smallest absolute Gasteiger partial charge is 0.253 e. The summed E-state index contributed by atoms with van der Waals surface area (Å²) in [6.07, 6.45) is 1.82. The Labute approximate surface area is 131 Å². The molecule has 1 aromatic heterocycles. The average Bonchev–Trinajstić information content (AvgIpc) is 2.73. The average molecular weight is 300 g/mol. The summed E-state index contributed by atoms with van der Waals surface area (Å²) in [5.41, 5.74) is 4.88. The second-order valence-electron chi connectivity index (χ2n) is 6.11. The summed E-state index contributed by atoms with van der Waals surface area (Å²) in [6, 6.07) is 2.14.